The van der Waals surface area contributed by atoms with Gasteiger partial charge in [0.15, 0.2) is 0 Å². The molecule has 0 N–H and O–H groups in total. The fourth-order valence-corrected chi connectivity index (χ4v) is 2.69. The van der Waals surface area contributed by atoms with Crippen LogP contribution in [0.1, 0.15) is 22.9 Å². The second-order valence-corrected chi connectivity index (χ2v) is 4.93. The molecule has 0 saturated carbocycles. The van der Waals surface area contributed by atoms with Crippen molar-refractivity contribution in [1.82, 2.24) is 9.13 Å². The van der Waals surface area contributed by atoms with Crippen LogP contribution in [0, 0.1) is 0 Å². The van der Waals surface area contributed by atoms with E-state index in [0.29, 0.717) is 0 Å². The Bertz CT molecular complexity index is 621. The minimum atomic E-state index is 0.279. The van der Waals surface area contributed by atoms with E-state index in [4.69, 9.17) is 0 Å². The van der Waals surface area contributed by atoms with Gasteiger partial charge in [0.2, 0.25) is 0 Å². The van der Waals surface area contributed by atoms with Gasteiger partial charge in [-0.2, -0.15) is 0 Å². The Morgan fingerprint density at radius 2 is 1.21 bits per heavy atom. The third-order valence-corrected chi connectivity index (χ3v) is 3.69. The summed E-state index contributed by atoms with van der Waals surface area (Å²) in [7, 11) is 4.21. The van der Waals surface area contributed by atoms with Crippen molar-refractivity contribution in [2.24, 2.45) is 14.1 Å². The molecule has 2 heterocycles. The van der Waals surface area contributed by atoms with Crippen LogP contribution in [0.3, 0.4) is 0 Å². The molecule has 0 saturated heterocycles. The molecular weight excluding hydrogens is 232 g/mol. The first kappa shape index (κ1) is 11.8. The van der Waals surface area contributed by atoms with E-state index >= 15 is 0 Å². The molecular formula is C17H18N2. The van der Waals surface area contributed by atoms with Crippen molar-refractivity contribution in [3.63, 3.8) is 0 Å². The maximum Gasteiger partial charge on any atom is 0.0645 e. The van der Waals surface area contributed by atoms with Crippen molar-refractivity contribution in [3.8, 4) is 0 Å². The molecule has 3 rings (SSSR count). The van der Waals surface area contributed by atoms with Gasteiger partial charge in [-0.05, 0) is 29.8 Å². The van der Waals surface area contributed by atoms with Crippen molar-refractivity contribution in [3.05, 3.63) is 83.9 Å². The van der Waals surface area contributed by atoms with Crippen molar-refractivity contribution in [2.45, 2.75) is 5.92 Å². The monoisotopic (exact) mass is 250 g/mol. The Labute approximate surface area is 113 Å². The SMILES string of the molecule is Cn1cccc1C(c1ccccc1)c1cccn1C. The molecule has 0 aliphatic carbocycles. The van der Waals surface area contributed by atoms with Gasteiger partial charge in [-0.3, -0.25) is 0 Å². The van der Waals surface area contributed by atoms with Crippen LogP contribution in [-0.2, 0) is 14.1 Å². The summed E-state index contributed by atoms with van der Waals surface area (Å²) in [4.78, 5) is 0. The van der Waals surface area contributed by atoms with Crippen LogP contribution in [0.15, 0.2) is 67.0 Å². The van der Waals surface area contributed by atoms with Gasteiger partial charge in [0.05, 0.1) is 5.92 Å². The van der Waals surface area contributed by atoms with E-state index in [-0.39, 0.29) is 5.92 Å². The molecule has 2 aromatic heterocycles. The largest absolute Gasteiger partial charge is 0.354 e. The number of hydrogen-bond donors (Lipinski definition) is 0. The van der Waals surface area contributed by atoms with Gasteiger partial charge in [0.1, 0.15) is 0 Å². The molecule has 0 radical (unpaired) electrons. The molecule has 19 heavy (non-hydrogen) atoms. The maximum atomic E-state index is 2.20. The molecule has 0 spiro atoms. The third kappa shape index (κ3) is 2.10. The van der Waals surface area contributed by atoms with Crippen LogP contribution < -0.4 is 0 Å². The second kappa shape index (κ2) is 4.81. The lowest BCUT2D eigenvalue weighted by Crippen LogP contribution is -2.11. The second-order valence-electron chi connectivity index (χ2n) is 4.93. The van der Waals surface area contributed by atoms with Crippen molar-refractivity contribution in [2.75, 3.05) is 0 Å². The fourth-order valence-electron chi connectivity index (χ4n) is 2.69. The maximum absolute atomic E-state index is 2.20. The minimum absolute atomic E-state index is 0.279. The zero-order chi connectivity index (χ0) is 13.2. The van der Waals surface area contributed by atoms with Gasteiger partial charge in [-0.25, -0.2) is 0 Å². The Hall–Kier alpha value is -2.22. The van der Waals surface area contributed by atoms with Gasteiger partial charge in [-0.15, -0.1) is 0 Å². The van der Waals surface area contributed by atoms with Gasteiger partial charge in [0.25, 0.3) is 0 Å². The van der Waals surface area contributed by atoms with Gasteiger partial charge >= 0.3 is 0 Å². The van der Waals surface area contributed by atoms with Gasteiger partial charge < -0.3 is 9.13 Å². The van der Waals surface area contributed by atoms with E-state index in [2.05, 4.69) is 90.2 Å². The molecule has 0 amide bonds. The molecule has 0 atom stereocenters. The highest BCUT2D eigenvalue weighted by Gasteiger charge is 2.20. The molecule has 2 heteroatoms. The predicted molar refractivity (Wildman–Crippen MR) is 78.2 cm³/mol. The summed E-state index contributed by atoms with van der Waals surface area (Å²) in [6.07, 6.45) is 4.21. The van der Waals surface area contributed by atoms with Gasteiger partial charge in [0, 0.05) is 37.9 Å². The zero-order valence-electron chi connectivity index (χ0n) is 11.3. The first-order valence-electron chi connectivity index (χ1n) is 6.55. The zero-order valence-corrected chi connectivity index (χ0v) is 11.3. The molecule has 2 nitrogen and oxygen atoms in total. The molecule has 0 fully saturated rings. The van der Waals surface area contributed by atoms with Crippen LogP contribution in [0.5, 0.6) is 0 Å². The number of aromatic nitrogens is 2. The quantitative estimate of drug-likeness (QED) is 0.673. The highest BCUT2D eigenvalue weighted by Crippen LogP contribution is 2.31. The number of rotatable bonds is 3. The highest BCUT2D eigenvalue weighted by molar-refractivity contribution is 5.38. The molecule has 0 aliphatic heterocycles. The predicted octanol–water partition coefficient (Wildman–Crippen LogP) is 3.54. The van der Waals surface area contributed by atoms with E-state index in [0.717, 1.165) is 0 Å². The first-order chi connectivity index (χ1) is 9.27. The number of nitrogens with zero attached hydrogens (tertiary/aromatic N) is 2. The Morgan fingerprint density at radius 3 is 1.63 bits per heavy atom. The average molecular weight is 250 g/mol. The average Bonchev–Trinajstić information content (AvgIpc) is 3.02. The lowest BCUT2D eigenvalue weighted by molar-refractivity contribution is 0.735. The summed E-state index contributed by atoms with van der Waals surface area (Å²) in [6.45, 7) is 0. The van der Waals surface area contributed by atoms with E-state index < -0.39 is 0 Å². The van der Waals surface area contributed by atoms with E-state index in [1.807, 2.05) is 0 Å². The number of benzene rings is 1. The fraction of sp³-hybridized carbons (Fsp3) is 0.176. The third-order valence-electron chi connectivity index (χ3n) is 3.69. The number of hydrogen-bond acceptors (Lipinski definition) is 0. The standard InChI is InChI=1S/C17H18N2/c1-18-12-6-10-15(18)17(14-8-4-3-5-9-14)16-11-7-13-19(16)2/h3-13,17H,1-2H3. The van der Waals surface area contributed by atoms with Crippen molar-refractivity contribution < 1.29 is 0 Å². The highest BCUT2D eigenvalue weighted by atomic mass is 15.0. The smallest absolute Gasteiger partial charge is 0.0645 e. The van der Waals surface area contributed by atoms with Crippen molar-refractivity contribution >= 4 is 0 Å². The van der Waals surface area contributed by atoms with Crippen LogP contribution in [0.4, 0.5) is 0 Å². The minimum Gasteiger partial charge on any atom is -0.354 e. The molecule has 1 aromatic carbocycles. The summed E-state index contributed by atoms with van der Waals surface area (Å²) in [5.74, 6) is 0.279. The topological polar surface area (TPSA) is 9.86 Å². The van der Waals surface area contributed by atoms with E-state index in [1.54, 1.807) is 0 Å². The molecule has 96 valence electrons. The normalized spacial score (nSPS) is 11.1. The summed E-state index contributed by atoms with van der Waals surface area (Å²) >= 11 is 0. The van der Waals surface area contributed by atoms with E-state index in [1.165, 1.54) is 17.0 Å². The molecule has 0 unspecified atom stereocenters. The summed E-state index contributed by atoms with van der Waals surface area (Å²) in [6, 6.07) is 19.3. The Kier molecular flexibility index (Phi) is 3.00. The van der Waals surface area contributed by atoms with Crippen LogP contribution in [-0.4, -0.2) is 9.13 Å². The van der Waals surface area contributed by atoms with Crippen LogP contribution in [0.2, 0.25) is 0 Å². The lowest BCUT2D eigenvalue weighted by atomic mass is 9.92. The molecule has 3 aromatic rings. The summed E-state index contributed by atoms with van der Waals surface area (Å²) in [5, 5.41) is 0. The first-order valence-corrected chi connectivity index (χ1v) is 6.55. The summed E-state index contributed by atoms with van der Waals surface area (Å²) in [5.41, 5.74) is 3.95. The van der Waals surface area contributed by atoms with E-state index in [9.17, 15) is 0 Å². The molecule has 0 bridgehead atoms. The number of aryl methyl sites for hydroxylation is 2. The Balaban J connectivity index is 2.18. The van der Waals surface area contributed by atoms with Crippen LogP contribution in [0.25, 0.3) is 0 Å². The van der Waals surface area contributed by atoms with Crippen molar-refractivity contribution in [1.29, 1.82) is 0 Å². The molecule has 0 aliphatic rings. The van der Waals surface area contributed by atoms with Gasteiger partial charge in [-0.1, -0.05) is 30.3 Å². The summed E-state index contributed by atoms with van der Waals surface area (Å²) < 4.78 is 4.40. The van der Waals surface area contributed by atoms with Crippen LogP contribution >= 0.6 is 0 Å². The lowest BCUT2D eigenvalue weighted by Gasteiger charge is -2.20. The Morgan fingerprint density at radius 1 is 0.684 bits per heavy atom.